The highest BCUT2D eigenvalue weighted by Gasteiger charge is 2.31. The second-order valence-electron chi connectivity index (χ2n) is 8.68. The Bertz CT molecular complexity index is 1220. The molecule has 5 nitrogen and oxygen atoms in total. The van der Waals surface area contributed by atoms with E-state index in [0.29, 0.717) is 5.75 Å². The molecule has 33 heavy (non-hydrogen) atoms. The average molecular weight is 530 g/mol. The Morgan fingerprint density at radius 2 is 1.61 bits per heavy atom. The number of nitrogens with zero attached hydrogens (tertiary/aromatic N) is 1. The predicted octanol–water partition coefficient (Wildman–Crippen LogP) is 6.11. The van der Waals surface area contributed by atoms with E-state index in [9.17, 15) is 13.2 Å². The van der Waals surface area contributed by atoms with E-state index >= 15 is 0 Å². The van der Waals surface area contributed by atoms with Crippen molar-refractivity contribution < 1.29 is 17.9 Å². The molecule has 0 N–H and O–H groups in total. The van der Waals surface area contributed by atoms with Crippen LogP contribution in [0.15, 0.2) is 82.2 Å². The third-order valence-corrected chi connectivity index (χ3v) is 7.44. The maximum absolute atomic E-state index is 13.5. The zero-order valence-electron chi connectivity index (χ0n) is 19.2. The lowest BCUT2D eigenvalue weighted by atomic mass is 9.86. The molecule has 0 saturated carbocycles. The standard InChI is InChI=1S/C26H28BrNO4S/c1-5-19-11-14-21(15-12-19)28(33(30,31)22-9-7-6-8-10-22)25(29)18-32-24-16-13-20(27)17-23(24)26(2,3)4/h6-17H,5,18H2,1-4H3. The van der Waals surface area contributed by atoms with Gasteiger partial charge in [0.1, 0.15) is 5.75 Å². The molecule has 0 aliphatic rings. The van der Waals surface area contributed by atoms with Gasteiger partial charge < -0.3 is 4.74 Å². The first kappa shape index (κ1) is 25.0. The molecule has 0 aliphatic carbocycles. The minimum absolute atomic E-state index is 0.0388. The highest BCUT2D eigenvalue weighted by atomic mass is 79.9. The van der Waals surface area contributed by atoms with Gasteiger partial charge in [0.2, 0.25) is 0 Å². The van der Waals surface area contributed by atoms with Crippen LogP contribution in [0.3, 0.4) is 0 Å². The predicted molar refractivity (Wildman–Crippen MR) is 135 cm³/mol. The van der Waals surface area contributed by atoms with Gasteiger partial charge in [0.25, 0.3) is 15.9 Å². The fourth-order valence-corrected chi connectivity index (χ4v) is 5.19. The Morgan fingerprint density at radius 3 is 2.18 bits per heavy atom. The lowest BCUT2D eigenvalue weighted by Crippen LogP contribution is -2.40. The van der Waals surface area contributed by atoms with Gasteiger partial charge in [0.15, 0.2) is 6.61 Å². The van der Waals surface area contributed by atoms with Gasteiger partial charge in [0, 0.05) is 10.0 Å². The Labute approximate surface area is 204 Å². The van der Waals surface area contributed by atoms with Crippen molar-refractivity contribution in [3.63, 3.8) is 0 Å². The van der Waals surface area contributed by atoms with Gasteiger partial charge in [0.05, 0.1) is 10.6 Å². The molecule has 3 aromatic carbocycles. The first-order valence-corrected chi connectivity index (χ1v) is 12.9. The molecule has 0 aromatic heterocycles. The second kappa shape index (κ2) is 10.1. The molecule has 1 amide bonds. The van der Waals surface area contributed by atoms with E-state index in [1.165, 1.54) is 12.1 Å². The summed E-state index contributed by atoms with van der Waals surface area (Å²) in [6.07, 6.45) is 0.807. The molecule has 0 saturated heterocycles. The Balaban J connectivity index is 1.97. The van der Waals surface area contributed by atoms with Gasteiger partial charge in [-0.3, -0.25) is 4.79 Å². The number of benzene rings is 3. The summed E-state index contributed by atoms with van der Waals surface area (Å²) in [5.41, 5.74) is 2.00. The van der Waals surface area contributed by atoms with E-state index in [4.69, 9.17) is 4.74 Å². The van der Waals surface area contributed by atoms with E-state index in [1.807, 2.05) is 52.0 Å². The number of hydrogen-bond acceptors (Lipinski definition) is 4. The summed E-state index contributed by atoms with van der Waals surface area (Å²) in [5, 5.41) is 0. The van der Waals surface area contributed by atoms with Crippen molar-refractivity contribution in [3.8, 4) is 5.75 Å². The summed E-state index contributed by atoms with van der Waals surface area (Å²) in [5.74, 6) is -0.136. The Morgan fingerprint density at radius 1 is 0.970 bits per heavy atom. The largest absolute Gasteiger partial charge is 0.483 e. The van der Waals surface area contributed by atoms with Gasteiger partial charge in [-0.2, -0.15) is 4.31 Å². The molecule has 3 aromatic rings. The fraction of sp³-hybridized carbons (Fsp3) is 0.269. The summed E-state index contributed by atoms with van der Waals surface area (Å²) in [4.78, 5) is 13.4. The summed E-state index contributed by atoms with van der Waals surface area (Å²) in [7, 11) is -4.13. The van der Waals surface area contributed by atoms with Gasteiger partial charge in [-0.1, -0.05) is 74.0 Å². The number of rotatable bonds is 7. The minimum atomic E-state index is -4.13. The van der Waals surface area contributed by atoms with Crippen LogP contribution in [0.5, 0.6) is 5.75 Å². The van der Waals surface area contributed by atoms with Crippen molar-refractivity contribution in [3.05, 3.63) is 88.4 Å². The van der Waals surface area contributed by atoms with Crippen LogP contribution in [0.1, 0.15) is 38.8 Å². The third-order valence-electron chi connectivity index (χ3n) is 5.19. The molecular formula is C26H28BrNO4S. The monoisotopic (exact) mass is 529 g/mol. The summed E-state index contributed by atoms with van der Waals surface area (Å²) < 4.78 is 34.5. The summed E-state index contributed by atoms with van der Waals surface area (Å²) in [6, 6.07) is 20.4. The number of anilines is 1. The Kier molecular flexibility index (Phi) is 7.65. The van der Waals surface area contributed by atoms with Crippen molar-refractivity contribution in [2.24, 2.45) is 0 Å². The van der Waals surface area contributed by atoms with Crippen LogP contribution in [0.4, 0.5) is 5.69 Å². The number of halogens is 1. The molecule has 3 rings (SSSR count). The topological polar surface area (TPSA) is 63.7 Å². The van der Waals surface area contributed by atoms with Crippen LogP contribution in [0.25, 0.3) is 0 Å². The lowest BCUT2D eigenvalue weighted by Gasteiger charge is -2.25. The first-order chi connectivity index (χ1) is 15.5. The molecule has 0 atom stereocenters. The number of hydrogen-bond donors (Lipinski definition) is 0. The third kappa shape index (κ3) is 5.84. The summed E-state index contributed by atoms with van der Waals surface area (Å²) in [6.45, 7) is 7.73. The molecule has 0 spiro atoms. The number of carbonyl (C=O) groups is 1. The molecule has 0 bridgehead atoms. The second-order valence-corrected chi connectivity index (χ2v) is 11.4. The number of aryl methyl sites for hydroxylation is 1. The fourth-order valence-electron chi connectivity index (χ4n) is 3.39. The molecule has 0 heterocycles. The number of ether oxygens (including phenoxy) is 1. The summed E-state index contributed by atoms with van der Waals surface area (Å²) >= 11 is 3.48. The molecule has 0 aliphatic heterocycles. The first-order valence-electron chi connectivity index (χ1n) is 10.7. The van der Waals surface area contributed by atoms with Gasteiger partial charge in [-0.05, 0) is 59.9 Å². The lowest BCUT2D eigenvalue weighted by molar-refractivity contribution is -0.119. The average Bonchev–Trinajstić information content (AvgIpc) is 2.78. The van der Waals surface area contributed by atoms with E-state index in [2.05, 4.69) is 15.9 Å². The zero-order valence-corrected chi connectivity index (χ0v) is 21.6. The minimum Gasteiger partial charge on any atom is -0.483 e. The number of sulfonamides is 1. The number of carbonyl (C=O) groups excluding carboxylic acids is 1. The van der Waals surface area contributed by atoms with Gasteiger partial charge >= 0.3 is 0 Å². The van der Waals surface area contributed by atoms with Crippen LogP contribution in [0.2, 0.25) is 0 Å². The molecule has 0 unspecified atom stereocenters. The molecular weight excluding hydrogens is 502 g/mol. The van der Waals surface area contributed by atoms with Crippen molar-refractivity contribution in [2.75, 3.05) is 10.9 Å². The maximum atomic E-state index is 13.5. The Hall–Kier alpha value is -2.64. The SMILES string of the molecule is CCc1ccc(N(C(=O)COc2ccc(Br)cc2C(C)(C)C)S(=O)(=O)c2ccccc2)cc1. The van der Waals surface area contributed by atoms with Gasteiger partial charge in [-0.15, -0.1) is 0 Å². The van der Waals surface area contributed by atoms with Crippen LogP contribution < -0.4 is 9.04 Å². The van der Waals surface area contributed by atoms with Crippen LogP contribution in [-0.4, -0.2) is 20.9 Å². The van der Waals surface area contributed by atoms with Crippen LogP contribution in [0, 0.1) is 0 Å². The molecule has 0 fully saturated rings. The van der Waals surface area contributed by atoms with Crippen molar-refractivity contribution in [2.45, 2.75) is 44.4 Å². The van der Waals surface area contributed by atoms with E-state index < -0.39 is 22.5 Å². The van der Waals surface area contributed by atoms with Crippen LogP contribution in [-0.2, 0) is 26.7 Å². The highest BCUT2D eigenvalue weighted by Crippen LogP contribution is 2.34. The normalized spacial score (nSPS) is 11.8. The van der Waals surface area contributed by atoms with Gasteiger partial charge in [-0.25, -0.2) is 8.42 Å². The quantitative estimate of drug-likeness (QED) is 0.370. The number of amides is 1. The van der Waals surface area contributed by atoms with E-state index in [1.54, 1.807) is 36.4 Å². The molecule has 0 radical (unpaired) electrons. The van der Waals surface area contributed by atoms with Crippen molar-refractivity contribution in [1.29, 1.82) is 0 Å². The van der Waals surface area contributed by atoms with Crippen molar-refractivity contribution in [1.82, 2.24) is 0 Å². The van der Waals surface area contributed by atoms with Crippen LogP contribution >= 0.6 is 15.9 Å². The zero-order chi connectivity index (χ0) is 24.2. The smallest absolute Gasteiger partial charge is 0.278 e. The van der Waals surface area contributed by atoms with E-state index in [0.717, 1.165) is 26.3 Å². The highest BCUT2D eigenvalue weighted by molar-refractivity contribution is 9.10. The molecule has 174 valence electrons. The maximum Gasteiger partial charge on any atom is 0.278 e. The molecule has 7 heteroatoms. The van der Waals surface area contributed by atoms with E-state index in [-0.39, 0.29) is 16.0 Å². The van der Waals surface area contributed by atoms with Crippen molar-refractivity contribution >= 4 is 37.5 Å².